The topological polar surface area (TPSA) is 86.2 Å². The van der Waals surface area contributed by atoms with Crippen LogP contribution in [0.15, 0.2) is 85.3 Å². The highest BCUT2D eigenvalue weighted by Gasteiger charge is 2.13. The number of fused-ring (bicyclic) bond motifs is 3. The molecule has 178 valence electrons. The number of H-pyrrole nitrogens is 1. The van der Waals surface area contributed by atoms with Crippen molar-refractivity contribution >= 4 is 27.7 Å². The van der Waals surface area contributed by atoms with Gasteiger partial charge in [0.1, 0.15) is 0 Å². The lowest BCUT2D eigenvalue weighted by Gasteiger charge is -2.23. The summed E-state index contributed by atoms with van der Waals surface area (Å²) < 4.78 is 2.42. The van der Waals surface area contributed by atoms with Gasteiger partial charge in [0.25, 0.3) is 0 Å². The smallest absolute Gasteiger partial charge is 0.243 e. The van der Waals surface area contributed by atoms with Crippen LogP contribution in [-0.4, -0.2) is 37.1 Å². The van der Waals surface area contributed by atoms with Crippen molar-refractivity contribution in [3.8, 4) is 0 Å². The van der Waals surface area contributed by atoms with Gasteiger partial charge in [0.05, 0.1) is 6.33 Å². The zero-order valence-electron chi connectivity index (χ0n) is 19.5. The van der Waals surface area contributed by atoms with Crippen molar-refractivity contribution in [2.45, 2.75) is 32.5 Å². The van der Waals surface area contributed by atoms with Crippen LogP contribution in [0.2, 0.25) is 0 Å². The largest absolute Gasteiger partial charge is 0.347 e. The maximum atomic E-state index is 11.3. The summed E-state index contributed by atoms with van der Waals surface area (Å²) in [4.78, 5) is 21.1. The average Bonchev–Trinajstić information content (AvgIpc) is 3.52. The minimum atomic E-state index is -0.370. The molecule has 0 bridgehead atoms. The summed E-state index contributed by atoms with van der Waals surface area (Å²) >= 11 is 0. The van der Waals surface area contributed by atoms with Gasteiger partial charge in [-0.15, -0.1) is 0 Å². The molecule has 2 aromatic heterocycles. The van der Waals surface area contributed by atoms with Gasteiger partial charge in [0.15, 0.2) is 0 Å². The number of hydrogen-bond donors (Lipinski definition) is 3. The first kappa shape index (κ1) is 22.8. The van der Waals surface area contributed by atoms with Crippen LogP contribution in [-0.2, 0) is 30.8 Å². The second-order valence-electron chi connectivity index (χ2n) is 8.82. The molecular formula is C28H29N5O2. The molecule has 1 amide bonds. The molecule has 7 heteroatoms. The molecule has 3 aromatic carbocycles. The molecule has 0 aliphatic rings. The van der Waals surface area contributed by atoms with Crippen LogP contribution in [0.25, 0.3) is 21.8 Å². The number of rotatable bonds is 10. The van der Waals surface area contributed by atoms with E-state index in [4.69, 9.17) is 5.21 Å². The van der Waals surface area contributed by atoms with Gasteiger partial charge in [-0.3, -0.25) is 14.9 Å². The Balaban J connectivity index is 1.34. The summed E-state index contributed by atoms with van der Waals surface area (Å²) in [6, 6.07) is 25.5. The van der Waals surface area contributed by atoms with Crippen molar-refractivity contribution in [1.82, 2.24) is 24.9 Å². The van der Waals surface area contributed by atoms with Crippen molar-refractivity contribution < 1.29 is 10.0 Å². The fourth-order valence-corrected chi connectivity index (χ4v) is 4.70. The number of benzene rings is 3. The standard InChI is InChI=1S/C28H29N5O2/c34-28(31-35)14-13-21-9-11-22(12-10-21)18-32(19-23-17-29-20-30-23)15-16-33-26-7-3-1-5-24(26)25-6-2-4-8-27(25)33/h1-12,17,20,35H,13-16,18-19H2,(H,29,30)(H,31,34). The number of imidazole rings is 1. The van der Waals surface area contributed by atoms with E-state index < -0.39 is 0 Å². The van der Waals surface area contributed by atoms with Crippen molar-refractivity contribution in [3.05, 3.63) is 102 Å². The lowest BCUT2D eigenvalue weighted by molar-refractivity contribution is -0.129. The monoisotopic (exact) mass is 467 g/mol. The van der Waals surface area contributed by atoms with Gasteiger partial charge in [-0.2, -0.15) is 0 Å². The fourth-order valence-electron chi connectivity index (χ4n) is 4.70. The first-order valence-corrected chi connectivity index (χ1v) is 11.9. The predicted octanol–water partition coefficient (Wildman–Crippen LogP) is 4.66. The Hall–Kier alpha value is -3.94. The number of nitrogens with one attached hydrogen (secondary N) is 2. The zero-order chi connectivity index (χ0) is 24.0. The van der Waals surface area contributed by atoms with Crippen molar-refractivity contribution in [2.24, 2.45) is 0 Å². The second-order valence-corrected chi connectivity index (χ2v) is 8.82. The summed E-state index contributed by atoms with van der Waals surface area (Å²) in [7, 11) is 0. The van der Waals surface area contributed by atoms with E-state index in [2.05, 4.69) is 92.2 Å². The molecule has 0 saturated carbocycles. The van der Waals surface area contributed by atoms with Gasteiger partial charge in [-0.1, -0.05) is 60.7 Å². The van der Waals surface area contributed by atoms with Crippen LogP contribution in [0.1, 0.15) is 23.2 Å². The first-order valence-electron chi connectivity index (χ1n) is 11.9. The van der Waals surface area contributed by atoms with Crippen LogP contribution >= 0.6 is 0 Å². The molecule has 5 rings (SSSR count). The van der Waals surface area contributed by atoms with Crippen LogP contribution in [0.5, 0.6) is 0 Å². The maximum Gasteiger partial charge on any atom is 0.243 e. The van der Waals surface area contributed by atoms with Crippen LogP contribution < -0.4 is 5.48 Å². The normalized spacial score (nSPS) is 11.5. The van der Waals surface area contributed by atoms with Crippen LogP contribution in [0, 0.1) is 0 Å². The summed E-state index contributed by atoms with van der Waals surface area (Å²) in [6.07, 6.45) is 4.46. The molecule has 7 nitrogen and oxygen atoms in total. The Morgan fingerprint density at radius 3 is 2.20 bits per heavy atom. The van der Waals surface area contributed by atoms with E-state index in [9.17, 15) is 4.79 Å². The summed E-state index contributed by atoms with van der Waals surface area (Å²) in [5, 5.41) is 11.3. The Kier molecular flexibility index (Phi) is 6.88. The maximum absolute atomic E-state index is 11.3. The molecule has 0 aliphatic carbocycles. The SMILES string of the molecule is O=C(CCc1ccc(CN(CCn2c3ccccc3c3ccccc32)Cc2cnc[nH]2)cc1)NO. The molecule has 0 saturated heterocycles. The Morgan fingerprint density at radius 1 is 0.914 bits per heavy atom. The highest BCUT2D eigenvalue weighted by molar-refractivity contribution is 6.07. The minimum Gasteiger partial charge on any atom is -0.347 e. The third-order valence-electron chi connectivity index (χ3n) is 6.46. The molecule has 0 spiro atoms. The number of carbonyl (C=O) groups excluding carboxylic acids is 1. The first-order chi connectivity index (χ1) is 17.2. The number of nitrogens with zero attached hydrogens (tertiary/aromatic N) is 3. The van der Waals surface area contributed by atoms with Crippen molar-refractivity contribution in [2.75, 3.05) is 6.54 Å². The minimum absolute atomic E-state index is 0.264. The van der Waals surface area contributed by atoms with Crippen LogP contribution in [0.4, 0.5) is 0 Å². The predicted molar refractivity (Wildman–Crippen MR) is 137 cm³/mol. The molecule has 0 fully saturated rings. The van der Waals surface area contributed by atoms with Crippen molar-refractivity contribution in [3.63, 3.8) is 0 Å². The van der Waals surface area contributed by atoms with Gasteiger partial charge in [-0.05, 0) is 29.7 Å². The number of aromatic amines is 1. The Labute approximate surface area is 204 Å². The summed E-state index contributed by atoms with van der Waals surface area (Å²) in [5.41, 5.74) is 7.56. The van der Waals surface area contributed by atoms with Crippen LogP contribution in [0.3, 0.4) is 0 Å². The van der Waals surface area contributed by atoms with E-state index in [-0.39, 0.29) is 12.3 Å². The number of aromatic nitrogens is 3. The van der Waals surface area contributed by atoms with Gasteiger partial charge < -0.3 is 9.55 Å². The lowest BCUT2D eigenvalue weighted by atomic mass is 10.1. The average molecular weight is 468 g/mol. The number of hydroxylamine groups is 1. The Morgan fingerprint density at radius 2 is 1.57 bits per heavy atom. The third-order valence-corrected chi connectivity index (χ3v) is 6.46. The van der Waals surface area contributed by atoms with Gasteiger partial charge in [-0.25, -0.2) is 10.5 Å². The molecule has 5 aromatic rings. The molecule has 0 radical (unpaired) electrons. The quantitative estimate of drug-likeness (QED) is 0.206. The summed E-state index contributed by atoms with van der Waals surface area (Å²) in [6.45, 7) is 3.32. The zero-order valence-corrected chi connectivity index (χ0v) is 19.5. The van der Waals surface area contributed by atoms with E-state index in [1.165, 1.54) is 27.4 Å². The van der Waals surface area contributed by atoms with Gasteiger partial charge in [0, 0.05) is 66.3 Å². The molecule has 0 atom stereocenters. The Bertz CT molecular complexity index is 1350. The van der Waals surface area contributed by atoms with E-state index in [1.54, 1.807) is 11.8 Å². The molecule has 35 heavy (non-hydrogen) atoms. The van der Waals surface area contributed by atoms with E-state index in [0.29, 0.717) is 6.42 Å². The van der Waals surface area contributed by atoms with Gasteiger partial charge >= 0.3 is 0 Å². The molecule has 3 N–H and O–H groups in total. The number of carbonyl (C=O) groups is 1. The van der Waals surface area contributed by atoms with E-state index in [0.717, 1.165) is 37.4 Å². The number of para-hydroxylation sites is 2. The molecule has 0 unspecified atom stereocenters. The fraction of sp³-hybridized carbons (Fsp3) is 0.214. The molecule has 2 heterocycles. The van der Waals surface area contributed by atoms with E-state index >= 15 is 0 Å². The molecule has 0 aliphatic heterocycles. The molecular weight excluding hydrogens is 438 g/mol. The summed E-state index contributed by atoms with van der Waals surface area (Å²) in [5.74, 6) is -0.370. The van der Waals surface area contributed by atoms with Gasteiger partial charge in [0.2, 0.25) is 5.91 Å². The number of hydrogen-bond acceptors (Lipinski definition) is 4. The number of amides is 1. The number of aryl methyl sites for hydroxylation is 1. The third kappa shape index (κ3) is 5.26. The van der Waals surface area contributed by atoms with E-state index in [1.807, 2.05) is 6.20 Å². The second kappa shape index (κ2) is 10.5. The highest BCUT2D eigenvalue weighted by Crippen LogP contribution is 2.28. The van der Waals surface area contributed by atoms with Crippen molar-refractivity contribution in [1.29, 1.82) is 0 Å². The highest BCUT2D eigenvalue weighted by atomic mass is 16.5. The lowest BCUT2D eigenvalue weighted by Crippen LogP contribution is -2.27.